The Morgan fingerprint density at radius 3 is 2.43 bits per heavy atom. The van der Waals surface area contributed by atoms with Gasteiger partial charge in [-0.15, -0.1) is 10.2 Å². The number of halogens is 3. The van der Waals surface area contributed by atoms with Crippen LogP contribution >= 0.6 is 11.3 Å². The zero-order valence-electron chi connectivity index (χ0n) is 6.87. The lowest BCUT2D eigenvalue weighted by atomic mass is 10.7. The molecule has 0 saturated carbocycles. The number of rotatable bonds is 1. The summed E-state index contributed by atoms with van der Waals surface area (Å²) in [7, 11) is 1.21. The van der Waals surface area contributed by atoms with Crippen molar-refractivity contribution in [1.82, 2.24) is 10.2 Å². The Morgan fingerprint density at radius 2 is 2.07 bits per heavy atom. The summed E-state index contributed by atoms with van der Waals surface area (Å²) in [6, 6.07) is -0.894. The van der Waals surface area contributed by atoms with Gasteiger partial charge in [-0.05, 0) is 0 Å². The minimum Gasteiger partial charge on any atom is -0.351 e. The molecule has 2 N–H and O–H groups in total. The number of alkyl halides is 3. The summed E-state index contributed by atoms with van der Waals surface area (Å²) >= 11 is 0.254. The van der Waals surface area contributed by atoms with Crippen molar-refractivity contribution in [2.75, 3.05) is 11.9 Å². The van der Waals surface area contributed by atoms with Gasteiger partial charge in [0.05, 0.1) is 0 Å². The second-order valence-electron chi connectivity index (χ2n) is 2.28. The molecule has 0 bridgehead atoms. The van der Waals surface area contributed by atoms with E-state index < -0.39 is 17.2 Å². The Morgan fingerprint density at radius 1 is 1.50 bits per heavy atom. The molecule has 1 aromatic heterocycles. The van der Waals surface area contributed by atoms with Crippen LogP contribution in [0.5, 0.6) is 0 Å². The fourth-order valence-electron chi connectivity index (χ4n) is 0.560. The van der Waals surface area contributed by atoms with Crippen LogP contribution in [0.2, 0.25) is 0 Å². The zero-order valence-corrected chi connectivity index (χ0v) is 7.69. The van der Waals surface area contributed by atoms with E-state index in [0.29, 0.717) is 0 Å². The quantitative estimate of drug-likeness (QED) is 0.778. The number of primary amides is 1. The number of anilines is 1. The fraction of sp³-hybridized carbons (Fsp3) is 0.400. The molecule has 1 rings (SSSR count). The molecule has 0 spiro atoms. The van der Waals surface area contributed by atoms with Gasteiger partial charge in [0, 0.05) is 7.05 Å². The Hall–Kier alpha value is -1.38. The summed E-state index contributed by atoms with van der Waals surface area (Å²) in [5.74, 6) is 0. The van der Waals surface area contributed by atoms with Crippen molar-refractivity contribution < 1.29 is 18.0 Å². The van der Waals surface area contributed by atoms with E-state index in [1.54, 1.807) is 0 Å². The molecule has 0 saturated heterocycles. The molecule has 0 aromatic carbocycles. The topological polar surface area (TPSA) is 72.1 Å². The number of carbonyl (C=O) groups is 1. The predicted molar refractivity (Wildman–Crippen MR) is 42.9 cm³/mol. The maximum atomic E-state index is 12.0. The summed E-state index contributed by atoms with van der Waals surface area (Å²) in [6.45, 7) is 0. The first-order valence-corrected chi connectivity index (χ1v) is 4.08. The molecule has 0 fully saturated rings. The Balaban J connectivity index is 2.94. The summed E-state index contributed by atoms with van der Waals surface area (Å²) in [6.07, 6.45) is -4.55. The molecule has 0 radical (unpaired) electrons. The smallest absolute Gasteiger partial charge is 0.351 e. The molecule has 1 aromatic rings. The maximum absolute atomic E-state index is 12.0. The van der Waals surface area contributed by atoms with E-state index in [1.165, 1.54) is 7.05 Å². The average Bonchev–Trinajstić information content (AvgIpc) is 2.49. The molecule has 0 aliphatic rings. The molecule has 0 aliphatic heterocycles. The monoisotopic (exact) mass is 226 g/mol. The first kappa shape index (κ1) is 10.7. The van der Waals surface area contributed by atoms with Gasteiger partial charge in [0.2, 0.25) is 10.1 Å². The van der Waals surface area contributed by atoms with Crippen LogP contribution in [0.3, 0.4) is 0 Å². The lowest BCUT2D eigenvalue weighted by Crippen LogP contribution is -2.31. The molecule has 0 atom stereocenters. The van der Waals surface area contributed by atoms with Crippen LogP contribution in [-0.2, 0) is 6.18 Å². The lowest BCUT2D eigenvalue weighted by molar-refractivity contribution is -0.138. The van der Waals surface area contributed by atoms with Gasteiger partial charge in [0.1, 0.15) is 0 Å². The van der Waals surface area contributed by atoms with Crippen molar-refractivity contribution in [2.45, 2.75) is 6.18 Å². The second-order valence-corrected chi connectivity index (χ2v) is 3.24. The van der Waals surface area contributed by atoms with Crippen molar-refractivity contribution in [1.29, 1.82) is 0 Å². The number of nitrogens with zero attached hydrogens (tertiary/aromatic N) is 3. The van der Waals surface area contributed by atoms with Gasteiger partial charge in [0.25, 0.3) is 0 Å². The molecular weight excluding hydrogens is 221 g/mol. The number of carbonyl (C=O) groups excluding carboxylic acids is 1. The first-order chi connectivity index (χ1) is 6.32. The predicted octanol–water partition coefficient (Wildman–Crippen LogP) is 1.07. The van der Waals surface area contributed by atoms with Crippen LogP contribution in [0.1, 0.15) is 5.01 Å². The average molecular weight is 226 g/mol. The molecule has 5 nitrogen and oxygen atoms in total. The van der Waals surface area contributed by atoms with Crippen LogP contribution in [0.15, 0.2) is 0 Å². The van der Waals surface area contributed by atoms with Crippen LogP contribution in [0, 0.1) is 0 Å². The van der Waals surface area contributed by atoms with Crippen molar-refractivity contribution in [3.8, 4) is 0 Å². The van der Waals surface area contributed by atoms with Gasteiger partial charge in [-0.3, -0.25) is 4.90 Å². The van der Waals surface area contributed by atoms with Crippen LogP contribution in [0.4, 0.5) is 23.1 Å². The van der Waals surface area contributed by atoms with Crippen molar-refractivity contribution in [3.63, 3.8) is 0 Å². The van der Waals surface area contributed by atoms with E-state index in [-0.39, 0.29) is 16.5 Å². The zero-order chi connectivity index (χ0) is 10.9. The molecular formula is C5H5F3N4OS. The summed E-state index contributed by atoms with van der Waals surface area (Å²) < 4.78 is 36.1. The summed E-state index contributed by atoms with van der Waals surface area (Å²) in [4.78, 5) is 11.3. The van der Waals surface area contributed by atoms with Gasteiger partial charge >= 0.3 is 12.2 Å². The highest BCUT2D eigenvalue weighted by atomic mass is 32.1. The third-order valence-corrected chi connectivity index (χ3v) is 2.32. The van der Waals surface area contributed by atoms with E-state index in [0.717, 1.165) is 4.90 Å². The van der Waals surface area contributed by atoms with Crippen molar-refractivity contribution >= 4 is 22.5 Å². The minimum absolute atomic E-state index is 0.190. The highest BCUT2D eigenvalue weighted by molar-refractivity contribution is 7.15. The van der Waals surface area contributed by atoms with Crippen molar-refractivity contribution in [2.24, 2.45) is 5.73 Å². The second kappa shape index (κ2) is 3.40. The maximum Gasteiger partial charge on any atom is 0.445 e. The fourth-order valence-corrected chi connectivity index (χ4v) is 1.24. The first-order valence-electron chi connectivity index (χ1n) is 3.26. The SMILES string of the molecule is CN(C(N)=O)c1nnc(C(F)(F)F)s1. The molecule has 0 unspecified atom stereocenters. The number of hydrogen-bond donors (Lipinski definition) is 1. The van der Waals surface area contributed by atoms with E-state index in [2.05, 4.69) is 10.2 Å². The number of aromatic nitrogens is 2. The third kappa shape index (κ3) is 2.10. The van der Waals surface area contributed by atoms with Gasteiger partial charge < -0.3 is 5.73 Å². The van der Waals surface area contributed by atoms with E-state index in [9.17, 15) is 18.0 Å². The molecule has 14 heavy (non-hydrogen) atoms. The van der Waals surface area contributed by atoms with Gasteiger partial charge in [-0.2, -0.15) is 13.2 Å². The van der Waals surface area contributed by atoms with E-state index in [4.69, 9.17) is 5.73 Å². The van der Waals surface area contributed by atoms with E-state index in [1.807, 2.05) is 0 Å². The van der Waals surface area contributed by atoms with Gasteiger partial charge in [-0.1, -0.05) is 11.3 Å². The number of urea groups is 1. The number of hydrogen-bond acceptors (Lipinski definition) is 4. The minimum atomic E-state index is -4.55. The summed E-state index contributed by atoms with van der Waals surface area (Å²) in [5, 5.41) is 4.76. The highest BCUT2D eigenvalue weighted by Gasteiger charge is 2.36. The lowest BCUT2D eigenvalue weighted by Gasteiger charge is -2.07. The highest BCUT2D eigenvalue weighted by Crippen LogP contribution is 2.33. The van der Waals surface area contributed by atoms with Crippen LogP contribution in [-0.4, -0.2) is 23.3 Å². The normalized spacial score (nSPS) is 11.4. The van der Waals surface area contributed by atoms with Gasteiger partial charge in [0.15, 0.2) is 0 Å². The standard InChI is InChI=1S/C5H5F3N4OS/c1-12(3(9)13)4-11-10-2(14-4)5(6,7)8/h1H3,(H2,9,13). The Labute approximate surface area is 80.3 Å². The molecule has 9 heteroatoms. The third-order valence-electron chi connectivity index (χ3n) is 1.27. The van der Waals surface area contributed by atoms with E-state index >= 15 is 0 Å². The van der Waals surface area contributed by atoms with Crippen LogP contribution < -0.4 is 10.6 Å². The molecule has 0 aliphatic carbocycles. The summed E-state index contributed by atoms with van der Waals surface area (Å²) in [5.41, 5.74) is 4.83. The largest absolute Gasteiger partial charge is 0.445 e. The number of nitrogens with two attached hydrogens (primary N) is 1. The number of amides is 2. The molecule has 2 amide bonds. The van der Waals surface area contributed by atoms with Crippen LogP contribution in [0.25, 0.3) is 0 Å². The van der Waals surface area contributed by atoms with Crippen molar-refractivity contribution in [3.05, 3.63) is 5.01 Å². The Kier molecular flexibility index (Phi) is 2.60. The Bertz CT molecular complexity index is 349. The van der Waals surface area contributed by atoms with Gasteiger partial charge in [-0.25, -0.2) is 4.79 Å². The molecule has 78 valence electrons. The molecule has 1 heterocycles.